The second kappa shape index (κ2) is 14.4. The van der Waals surface area contributed by atoms with Gasteiger partial charge in [-0.25, -0.2) is 0 Å². The molecule has 0 amide bonds. The molecule has 0 saturated heterocycles. The summed E-state index contributed by atoms with van der Waals surface area (Å²) in [5.41, 5.74) is 5.55. The van der Waals surface area contributed by atoms with Crippen molar-refractivity contribution in [2.24, 2.45) is 5.73 Å². The number of aliphatic hydroxyl groups excluding tert-OH is 1. The molecule has 1 atom stereocenters. The van der Waals surface area contributed by atoms with Gasteiger partial charge in [-0.05, 0) is 38.6 Å². The van der Waals surface area contributed by atoms with Crippen molar-refractivity contribution >= 4 is 0 Å². The average molecular weight is 319 g/mol. The van der Waals surface area contributed by atoms with Gasteiger partial charge in [-0.3, -0.25) is 0 Å². The molecule has 0 spiro atoms. The quantitative estimate of drug-likeness (QED) is 0.337. The maximum Gasteiger partial charge on any atom is 0.310 e. The summed E-state index contributed by atoms with van der Waals surface area (Å²) < 4.78 is 17.7. The van der Waals surface area contributed by atoms with Crippen molar-refractivity contribution < 1.29 is 19.3 Å². The van der Waals surface area contributed by atoms with E-state index < -0.39 is 12.1 Å². The van der Waals surface area contributed by atoms with Crippen LogP contribution in [-0.4, -0.2) is 43.5 Å². The lowest BCUT2D eigenvalue weighted by Crippen LogP contribution is -2.51. The first-order valence-corrected chi connectivity index (χ1v) is 8.96. The van der Waals surface area contributed by atoms with Gasteiger partial charge in [-0.2, -0.15) is 0 Å². The van der Waals surface area contributed by atoms with Crippen molar-refractivity contribution in [2.45, 2.75) is 84.2 Å². The molecule has 0 saturated carbocycles. The molecular formula is C17H37NO4. The lowest BCUT2D eigenvalue weighted by Gasteiger charge is -2.37. The third kappa shape index (κ3) is 9.06. The molecular weight excluding hydrogens is 282 g/mol. The van der Waals surface area contributed by atoms with Gasteiger partial charge in [0.25, 0.3) is 0 Å². The molecule has 5 heteroatoms. The zero-order valence-corrected chi connectivity index (χ0v) is 14.8. The number of hydrogen-bond donors (Lipinski definition) is 2. The zero-order valence-electron chi connectivity index (χ0n) is 14.8. The molecule has 0 radical (unpaired) electrons. The minimum atomic E-state index is -1.34. The third-order valence-corrected chi connectivity index (χ3v) is 3.49. The molecule has 0 bridgehead atoms. The number of hydrogen-bond acceptors (Lipinski definition) is 5. The summed E-state index contributed by atoms with van der Waals surface area (Å²) >= 11 is 0. The average Bonchev–Trinajstić information content (AvgIpc) is 2.52. The highest BCUT2D eigenvalue weighted by atomic mass is 16.9. The highest BCUT2D eigenvalue weighted by Gasteiger charge is 2.41. The molecule has 134 valence electrons. The van der Waals surface area contributed by atoms with Gasteiger partial charge in [0.1, 0.15) is 6.10 Å². The second-order valence-corrected chi connectivity index (χ2v) is 5.66. The topological polar surface area (TPSA) is 73.9 Å². The molecule has 0 aromatic rings. The first kappa shape index (κ1) is 21.8. The van der Waals surface area contributed by atoms with E-state index in [2.05, 4.69) is 20.8 Å². The van der Waals surface area contributed by atoms with E-state index in [0.29, 0.717) is 39.2 Å². The van der Waals surface area contributed by atoms with Gasteiger partial charge in [0.2, 0.25) is 0 Å². The number of ether oxygens (including phenoxy) is 3. The van der Waals surface area contributed by atoms with Crippen LogP contribution in [0.25, 0.3) is 0 Å². The largest absolute Gasteiger partial charge is 0.385 e. The lowest BCUT2D eigenvalue weighted by molar-refractivity contribution is -0.414. The van der Waals surface area contributed by atoms with Gasteiger partial charge < -0.3 is 25.1 Å². The van der Waals surface area contributed by atoms with E-state index in [1.54, 1.807) is 0 Å². The lowest BCUT2D eigenvalue weighted by atomic mass is 10.1. The fraction of sp³-hybridized carbons (Fsp3) is 1.00. The molecule has 0 fully saturated rings. The Balaban J connectivity index is 4.82. The summed E-state index contributed by atoms with van der Waals surface area (Å²) in [6.45, 7) is 8.41. The van der Waals surface area contributed by atoms with Crippen LogP contribution in [0.1, 0.15) is 72.1 Å². The standard InChI is InChI=1S/C17H37NO4/c1-4-7-13-20-17(21-14-8-5-2,22-15-9-6-3)16(19)11-10-12-18/h16,19H,4-15,18H2,1-3H3. The normalized spacial score (nSPS) is 13.5. The SMILES string of the molecule is CCCCOC(OCCCC)(OCCCC)C(O)CCCN. The summed E-state index contributed by atoms with van der Waals surface area (Å²) in [7, 11) is 0. The van der Waals surface area contributed by atoms with Crippen molar-refractivity contribution in [3.63, 3.8) is 0 Å². The van der Waals surface area contributed by atoms with E-state index in [0.717, 1.165) is 38.5 Å². The van der Waals surface area contributed by atoms with Gasteiger partial charge in [0.05, 0.1) is 19.8 Å². The van der Waals surface area contributed by atoms with Crippen molar-refractivity contribution in [1.29, 1.82) is 0 Å². The fourth-order valence-corrected chi connectivity index (χ4v) is 1.98. The molecule has 1 unspecified atom stereocenters. The minimum Gasteiger partial charge on any atom is -0.385 e. The fourth-order valence-electron chi connectivity index (χ4n) is 1.98. The molecule has 0 aliphatic rings. The second-order valence-electron chi connectivity index (χ2n) is 5.66. The Morgan fingerprint density at radius 3 is 1.55 bits per heavy atom. The van der Waals surface area contributed by atoms with Crippen molar-refractivity contribution in [1.82, 2.24) is 0 Å². The Kier molecular flexibility index (Phi) is 14.3. The Labute approximate surface area is 136 Å². The summed E-state index contributed by atoms with van der Waals surface area (Å²) in [6.07, 6.45) is 6.24. The summed E-state index contributed by atoms with van der Waals surface area (Å²) in [4.78, 5) is 0. The van der Waals surface area contributed by atoms with E-state index in [9.17, 15) is 5.11 Å². The van der Waals surface area contributed by atoms with E-state index in [1.807, 2.05) is 0 Å². The third-order valence-electron chi connectivity index (χ3n) is 3.49. The van der Waals surface area contributed by atoms with Crippen molar-refractivity contribution in [2.75, 3.05) is 26.4 Å². The molecule has 0 aliphatic heterocycles. The van der Waals surface area contributed by atoms with Crippen LogP contribution in [0.2, 0.25) is 0 Å². The summed E-state index contributed by atoms with van der Waals surface area (Å²) in [5.74, 6) is -1.34. The van der Waals surface area contributed by atoms with Gasteiger partial charge in [0, 0.05) is 0 Å². The van der Waals surface area contributed by atoms with Crippen LogP contribution in [0.15, 0.2) is 0 Å². The van der Waals surface area contributed by atoms with Crippen molar-refractivity contribution in [3.8, 4) is 0 Å². The molecule has 0 aromatic carbocycles. The molecule has 0 rings (SSSR count). The first-order valence-electron chi connectivity index (χ1n) is 8.96. The smallest absolute Gasteiger partial charge is 0.310 e. The van der Waals surface area contributed by atoms with Crippen LogP contribution in [0.3, 0.4) is 0 Å². The van der Waals surface area contributed by atoms with Gasteiger partial charge in [0.15, 0.2) is 0 Å². The maximum absolute atomic E-state index is 10.6. The number of nitrogens with two attached hydrogens (primary N) is 1. The van der Waals surface area contributed by atoms with E-state index in [-0.39, 0.29) is 0 Å². The maximum atomic E-state index is 10.6. The van der Waals surface area contributed by atoms with Crippen LogP contribution in [-0.2, 0) is 14.2 Å². The van der Waals surface area contributed by atoms with Crippen LogP contribution in [0, 0.1) is 0 Å². The minimum absolute atomic E-state index is 0.515. The number of aliphatic hydroxyl groups is 1. The van der Waals surface area contributed by atoms with Crippen LogP contribution in [0.4, 0.5) is 0 Å². The van der Waals surface area contributed by atoms with E-state index in [1.165, 1.54) is 0 Å². The first-order chi connectivity index (χ1) is 10.7. The Hall–Kier alpha value is -0.200. The molecule has 5 nitrogen and oxygen atoms in total. The predicted molar refractivity (Wildman–Crippen MR) is 89.6 cm³/mol. The van der Waals surface area contributed by atoms with Crippen LogP contribution < -0.4 is 5.73 Å². The van der Waals surface area contributed by atoms with Gasteiger partial charge in [-0.1, -0.05) is 40.0 Å². The predicted octanol–water partition coefficient (Wildman–Crippen LogP) is 3.19. The van der Waals surface area contributed by atoms with E-state index >= 15 is 0 Å². The Bertz CT molecular complexity index is 212. The van der Waals surface area contributed by atoms with Crippen LogP contribution in [0.5, 0.6) is 0 Å². The molecule has 0 aliphatic carbocycles. The summed E-state index contributed by atoms with van der Waals surface area (Å²) in [6, 6.07) is 0. The Morgan fingerprint density at radius 1 is 0.818 bits per heavy atom. The number of unbranched alkanes of at least 4 members (excludes halogenated alkanes) is 3. The Morgan fingerprint density at radius 2 is 1.23 bits per heavy atom. The summed E-state index contributed by atoms with van der Waals surface area (Å²) in [5, 5.41) is 10.6. The van der Waals surface area contributed by atoms with Gasteiger partial charge in [-0.15, -0.1) is 0 Å². The molecule has 0 heterocycles. The van der Waals surface area contributed by atoms with Crippen molar-refractivity contribution in [3.05, 3.63) is 0 Å². The molecule has 3 N–H and O–H groups in total. The monoisotopic (exact) mass is 319 g/mol. The van der Waals surface area contributed by atoms with E-state index in [4.69, 9.17) is 19.9 Å². The van der Waals surface area contributed by atoms with Crippen LogP contribution >= 0.6 is 0 Å². The zero-order chi connectivity index (χ0) is 16.7. The number of rotatable bonds is 16. The highest BCUT2D eigenvalue weighted by Crippen LogP contribution is 2.25. The van der Waals surface area contributed by atoms with Gasteiger partial charge >= 0.3 is 5.97 Å². The molecule has 22 heavy (non-hydrogen) atoms. The molecule has 0 aromatic heterocycles. The highest BCUT2D eigenvalue weighted by molar-refractivity contribution is 4.71.